The third-order valence-corrected chi connectivity index (χ3v) is 6.41. The molecule has 9 heteroatoms. The van der Waals surface area contributed by atoms with Gasteiger partial charge in [0.1, 0.15) is 5.82 Å². The van der Waals surface area contributed by atoms with E-state index in [2.05, 4.69) is 5.32 Å². The second-order valence-corrected chi connectivity index (χ2v) is 8.47. The van der Waals surface area contributed by atoms with Crippen molar-refractivity contribution in [2.45, 2.75) is 16.3 Å². The maximum Gasteiger partial charge on any atom is 0.230 e. The Morgan fingerprint density at radius 3 is 2.81 bits per heavy atom. The van der Waals surface area contributed by atoms with Crippen LogP contribution in [0.1, 0.15) is 0 Å². The minimum Gasteiger partial charge on any atom is -0.398 e. The van der Waals surface area contributed by atoms with Gasteiger partial charge in [0.2, 0.25) is 5.91 Å². The number of amides is 1. The van der Waals surface area contributed by atoms with Crippen molar-refractivity contribution >= 4 is 44.8 Å². The van der Waals surface area contributed by atoms with Crippen LogP contribution in [0.25, 0.3) is 0 Å². The van der Waals surface area contributed by atoms with E-state index in [1.807, 2.05) is 0 Å². The van der Waals surface area contributed by atoms with Crippen molar-refractivity contribution in [2.24, 2.45) is 0 Å². The molecule has 3 N–H and O–H groups in total. The van der Waals surface area contributed by atoms with E-state index in [0.717, 1.165) is 11.8 Å². The molecule has 1 saturated heterocycles. The second kappa shape index (κ2) is 6.41. The van der Waals surface area contributed by atoms with Crippen molar-refractivity contribution in [1.29, 1.82) is 0 Å². The summed E-state index contributed by atoms with van der Waals surface area (Å²) in [5.74, 6) is -1.08. The lowest BCUT2D eigenvalue weighted by molar-refractivity contribution is -0.119. The lowest BCUT2D eigenvalue weighted by atomic mass is 10.2. The second-order valence-electron chi connectivity index (χ2n) is 4.74. The standard InChI is InChI=1S/C12H14ClFN2O3S2/c13-8-5-21(18,19)6-10(8)16-12(17)4-20-11-3-7(14)1-2-9(11)15/h1-3,8,10H,4-6,15H2,(H,16,17). The molecular weight excluding hydrogens is 339 g/mol. The monoisotopic (exact) mass is 352 g/mol. The normalized spacial score (nSPS) is 23.9. The first kappa shape index (κ1) is 16.4. The Balaban J connectivity index is 1.90. The fraction of sp³-hybridized carbons (Fsp3) is 0.417. The number of carbonyl (C=O) groups excluding carboxylic acids is 1. The molecule has 1 amide bonds. The number of hydrogen-bond acceptors (Lipinski definition) is 5. The summed E-state index contributed by atoms with van der Waals surface area (Å²) in [5.41, 5.74) is 6.06. The molecule has 0 saturated carbocycles. The molecule has 0 bridgehead atoms. The molecule has 5 nitrogen and oxygen atoms in total. The fourth-order valence-corrected chi connectivity index (χ4v) is 5.31. The number of nitrogens with one attached hydrogen (secondary N) is 1. The molecule has 116 valence electrons. The molecule has 1 heterocycles. The largest absolute Gasteiger partial charge is 0.398 e. The third kappa shape index (κ3) is 4.49. The van der Waals surface area contributed by atoms with Gasteiger partial charge in [-0.15, -0.1) is 23.4 Å². The summed E-state index contributed by atoms with van der Waals surface area (Å²) < 4.78 is 35.9. The van der Waals surface area contributed by atoms with Gasteiger partial charge in [0.25, 0.3) is 0 Å². The van der Waals surface area contributed by atoms with Crippen molar-refractivity contribution in [2.75, 3.05) is 23.0 Å². The predicted molar refractivity (Wildman–Crippen MR) is 81.8 cm³/mol. The van der Waals surface area contributed by atoms with Crippen LogP contribution in [0.15, 0.2) is 23.1 Å². The molecule has 21 heavy (non-hydrogen) atoms. The molecule has 1 aliphatic heterocycles. The van der Waals surface area contributed by atoms with Gasteiger partial charge in [0.15, 0.2) is 9.84 Å². The molecule has 2 unspecified atom stereocenters. The Kier molecular flexibility index (Phi) is 5.00. The number of halogens is 2. The Morgan fingerprint density at radius 2 is 2.19 bits per heavy atom. The molecule has 0 aromatic heterocycles. The van der Waals surface area contributed by atoms with Crippen LogP contribution in [0.4, 0.5) is 10.1 Å². The van der Waals surface area contributed by atoms with Crippen LogP contribution in [0.2, 0.25) is 0 Å². The zero-order valence-electron chi connectivity index (χ0n) is 10.9. The van der Waals surface area contributed by atoms with Crippen LogP contribution in [0.3, 0.4) is 0 Å². The van der Waals surface area contributed by atoms with E-state index in [9.17, 15) is 17.6 Å². The predicted octanol–water partition coefficient (Wildman–Crippen LogP) is 1.02. The summed E-state index contributed by atoms with van der Waals surface area (Å²) in [4.78, 5) is 12.3. The minimum absolute atomic E-state index is 0.00775. The molecule has 1 aromatic rings. The molecule has 0 spiro atoms. The molecular formula is C12H14ClFN2O3S2. The highest BCUT2D eigenvalue weighted by atomic mass is 35.5. The average molecular weight is 353 g/mol. The molecule has 2 rings (SSSR count). The molecule has 0 aliphatic carbocycles. The van der Waals surface area contributed by atoms with Gasteiger partial charge in [0, 0.05) is 10.6 Å². The SMILES string of the molecule is Nc1ccc(F)cc1SCC(=O)NC1CS(=O)(=O)CC1Cl. The zero-order valence-corrected chi connectivity index (χ0v) is 13.3. The van der Waals surface area contributed by atoms with E-state index in [0.29, 0.717) is 10.6 Å². The van der Waals surface area contributed by atoms with Gasteiger partial charge in [-0.2, -0.15) is 0 Å². The van der Waals surface area contributed by atoms with Crippen LogP contribution in [0, 0.1) is 5.82 Å². The summed E-state index contributed by atoms with van der Waals surface area (Å²) >= 11 is 6.98. The number of nitrogen functional groups attached to an aromatic ring is 1. The summed E-state index contributed by atoms with van der Waals surface area (Å²) in [7, 11) is -3.19. The Bertz CT molecular complexity index is 654. The molecule has 1 aromatic carbocycles. The number of nitrogens with two attached hydrogens (primary N) is 1. The highest BCUT2D eigenvalue weighted by Crippen LogP contribution is 2.26. The fourth-order valence-electron chi connectivity index (χ4n) is 1.96. The van der Waals surface area contributed by atoms with E-state index in [1.165, 1.54) is 18.2 Å². The van der Waals surface area contributed by atoms with Gasteiger partial charge in [-0.3, -0.25) is 4.79 Å². The number of anilines is 1. The molecule has 0 radical (unpaired) electrons. The zero-order chi connectivity index (χ0) is 15.6. The highest BCUT2D eigenvalue weighted by molar-refractivity contribution is 8.00. The smallest absolute Gasteiger partial charge is 0.230 e. The summed E-state index contributed by atoms with van der Waals surface area (Å²) in [5, 5.41) is 1.96. The van der Waals surface area contributed by atoms with Crippen LogP contribution in [-0.4, -0.2) is 43.0 Å². The minimum atomic E-state index is -3.19. The number of sulfone groups is 1. The number of hydrogen-bond donors (Lipinski definition) is 2. The maximum atomic E-state index is 13.1. The van der Waals surface area contributed by atoms with Crippen LogP contribution in [-0.2, 0) is 14.6 Å². The first-order valence-electron chi connectivity index (χ1n) is 6.08. The summed E-state index contributed by atoms with van der Waals surface area (Å²) in [6.07, 6.45) is 0. The third-order valence-electron chi connectivity index (χ3n) is 2.96. The lowest BCUT2D eigenvalue weighted by Crippen LogP contribution is -2.41. The van der Waals surface area contributed by atoms with Crippen molar-refractivity contribution in [3.05, 3.63) is 24.0 Å². The van der Waals surface area contributed by atoms with Crippen molar-refractivity contribution in [3.63, 3.8) is 0 Å². The number of alkyl halides is 1. The number of carbonyl (C=O) groups is 1. The number of rotatable bonds is 4. The van der Waals surface area contributed by atoms with Gasteiger partial charge in [-0.25, -0.2) is 12.8 Å². The van der Waals surface area contributed by atoms with Crippen LogP contribution < -0.4 is 11.1 Å². The summed E-state index contributed by atoms with van der Waals surface area (Å²) in [6, 6.07) is 3.32. The van der Waals surface area contributed by atoms with Gasteiger partial charge < -0.3 is 11.1 Å². The topological polar surface area (TPSA) is 89.3 Å². The van der Waals surface area contributed by atoms with Crippen molar-refractivity contribution < 1.29 is 17.6 Å². The highest BCUT2D eigenvalue weighted by Gasteiger charge is 2.37. The van der Waals surface area contributed by atoms with Gasteiger partial charge >= 0.3 is 0 Å². The van der Waals surface area contributed by atoms with Crippen LogP contribution >= 0.6 is 23.4 Å². The Morgan fingerprint density at radius 1 is 1.48 bits per heavy atom. The van der Waals surface area contributed by atoms with Crippen LogP contribution in [0.5, 0.6) is 0 Å². The molecule has 2 atom stereocenters. The van der Waals surface area contributed by atoms with E-state index < -0.39 is 27.1 Å². The first-order valence-corrected chi connectivity index (χ1v) is 9.33. The lowest BCUT2D eigenvalue weighted by Gasteiger charge is -2.14. The van der Waals surface area contributed by atoms with E-state index in [4.69, 9.17) is 17.3 Å². The molecule has 1 fully saturated rings. The number of thioether (sulfide) groups is 1. The van der Waals surface area contributed by atoms with Crippen molar-refractivity contribution in [1.82, 2.24) is 5.32 Å². The maximum absolute atomic E-state index is 13.1. The van der Waals surface area contributed by atoms with Gasteiger partial charge in [-0.1, -0.05) is 0 Å². The quantitative estimate of drug-likeness (QED) is 0.480. The van der Waals surface area contributed by atoms with Gasteiger partial charge in [0.05, 0.1) is 28.7 Å². The van der Waals surface area contributed by atoms with Crippen molar-refractivity contribution in [3.8, 4) is 0 Å². The molecule has 1 aliphatic rings. The van der Waals surface area contributed by atoms with E-state index in [1.54, 1.807) is 0 Å². The average Bonchev–Trinajstić information content (AvgIpc) is 2.63. The number of benzene rings is 1. The Hall–Kier alpha value is -0.990. The Labute approximate surface area is 131 Å². The summed E-state index contributed by atoms with van der Waals surface area (Å²) in [6.45, 7) is 0. The first-order chi connectivity index (χ1) is 9.77. The van der Waals surface area contributed by atoms with E-state index >= 15 is 0 Å². The van der Waals surface area contributed by atoms with E-state index in [-0.39, 0.29) is 23.2 Å². The van der Waals surface area contributed by atoms with Gasteiger partial charge in [-0.05, 0) is 18.2 Å².